The highest BCUT2D eigenvalue weighted by molar-refractivity contribution is 8.00. The van der Waals surface area contributed by atoms with E-state index >= 15 is 0 Å². The minimum Gasteiger partial charge on any atom is -0.142 e. The Balaban J connectivity index is 3.80. The average Bonchev–Trinajstić information content (AvgIpc) is 2.47. The molecule has 0 saturated heterocycles. The Morgan fingerprint density at radius 3 is 1.50 bits per heavy atom. The highest BCUT2D eigenvalue weighted by Crippen LogP contribution is 2.29. The Morgan fingerprint density at radius 2 is 1.20 bits per heavy atom. The summed E-state index contributed by atoms with van der Waals surface area (Å²) in [4.78, 5) is 0. The largest absolute Gasteiger partial charge is 0.521 e. The number of hydrogen-bond acceptors (Lipinski definition) is 3. The van der Waals surface area contributed by atoms with Gasteiger partial charge in [0.2, 0.25) is 11.8 Å². The lowest BCUT2D eigenvalue weighted by molar-refractivity contribution is 0.192. The molecule has 0 aliphatic rings. The summed E-state index contributed by atoms with van der Waals surface area (Å²) in [5.41, 5.74) is 0. The van der Waals surface area contributed by atoms with Crippen molar-refractivity contribution in [2.75, 3.05) is 13.2 Å². The minimum absolute atomic E-state index is 0.647. The molecule has 2 unspecified atom stereocenters. The number of rotatable bonds is 14. The van der Waals surface area contributed by atoms with Crippen molar-refractivity contribution in [3.63, 3.8) is 0 Å². The van der Waals surface area contributed by atoms with E-state index in [-0.39, 0.29) is 0 Å². The van der Waals surface area contributed by atoms with Gasteiger partial charge in [0, 0.05) is 0 Å². The van der Waals surface area contributed by atoms with Crippen molar-refractivity contribution in [3.05, 3.63) is 0 Å². The van der Waals surface area contributed by atoms with E-state index in [4.69, 9.17) is 20.9 Å². The summed E-state index contributed by atoms with van der Waals surface area (Å²) in [5, 5.41) is 0. The zero-order valence-electron chi connectivity index (χ0n) is 13.9. The van der Waals surface area contributed by atoms with Crippen LogP contribution >= 0.6 is 7.15 Å². The highest BCUT2D eigenvalue weighted by atomic mass is 32.4. The van der Waals surface area contributed by atoms with E-state index in [2.05, 4.69) is 27.7 Å². The molecule has 0 aromatic rings. The molecular formula is C16H34O2PS+. The maximum atomic E-state index is 5.75. The molecular weight excluding hydrogens is 287 g/mol. The second-order valence-electron chi connectivity index (χ2n) is 5.65. The maximum absolute atomic E-state index is 5.75. The molecule has 4 heteroatoms. The highest BCUT2D eigenvalue weighted by Gasteiger charge is 2.20. The quantitative estimate of drug-likeness (QED) is 0.353. The van der Waals surface area contributed by atoms with Gasteiger partial charge in [0.1, 0.15) is 13.2 Å². The molecule has 0 heterocycles. The first-order chi connectivity index (χ1) is 9.67. The number of hydrogen-bond donors (Lipinski definition) is 0. The molecule has 0 N–H and O–H groups in total. The molecule has 2 nitrogen and oxygen atoms in total. The smallest absolute Gasteiger partial charge is 0.142 e. The molecule has 0 aromatic carbocycles. The Hall–Kier alpha value is 0.440. The van der Waals surface area contributed by atoms with Crippen LogP contribution in [0.15, 0.2) is 0 Å². The molecule has 0 rings (SSSR count). The van der Waals surface area contributed by atoms with Gasteiger partial charge in [0.15, 0.2) is 0 Å². The molecule has 0 fully saturated rings. The summed E-state index contributed by atoms with van der Waals surface area (Å²) in [7, 11) is -1.10. The average molecular weight is 321 g/mol. The molecule has 120 valence electrons. The Labute approximate surface area is 132 Å². The van der Waals surface area contributed by atoms with Crippen LogP contribution in [0.1, 0.15) is 79.1 Å². The van der Waals surface area contributed by atoms with E-state index in [9.17, 15) is 0 Å². The molecule has 0 bridgehead atoms. The zero-order chi connectivity index (χ0) is 15.2. The van der Waals surface area contributed by atoms with Gasteiger partial charge in [-0.15, -0.1) is 9.05 Å². The Morgan fingerprint density at radius 1 is 0.800 bits per heavy atom. The number of unbranched alkanes of at least 4 members (excludes halogenated alkanes) is 2. The van der Waals surface area contributed by atoms with Gasteiger partial charge in [0.05, 0.1) is 0 Å². The van der Waals surface area contributed by atoms with Crippen LogP contribution in [-0.2, 0) is 20.9 Å². The molecule has 20 heavy (non-hydrogen) atoms. The topological polar surface area (TPSA) is 18.5 Å². The molecule has 0 aliphatic heterocycles. The fourth-order valence-electron chi connectivity index (χ4n) is 2.17. The van der Waals surface area contributed by atoms with Gasteiger partial charge in [0.25, 0.3) is 0 Å². The Kier molecular flexibility index (Phi) is 14.7. The summed E-state index contributed by atoms with van der Waals surface area (Å²) >= 11 is 5.32. The molecule has 0 saturated carbocycles. The second-order valence-corrected chi connectivity index (χ2v) is 7.51. The first-order valence-corrected chi connectivity index (χ1v) is 10.6. The third-order valence-corrected chi connectivity index (χ3v) is 5.27. The van der Waals surface area contributed by atoms with Crippen molar-refractivity contribution in [1.82, 2.24) is 0 Å². The van der Waals surface area contributed by atoms with E-state index in [1.165, 1.54) is 51.4 Å². The fourth-order valence-corrected chi connectivity index (χ4v) is 3.27. The monoisotopic (exact) mass is 321 g/mol. The minimum atomic E-state index is -1.10. The van der Waals surface area contributed by atoms with Crippen molar-refractivity contribution in [2.45, 2.75) is 79.1 Å². The van der Waals surface area contributed by atoms with Crippen LogP contribution in [0, 0.1) is 11.8 Å². The summed E-state index contributed by atoms with van der Waals surface area (Å²) in [6, 6.07) is 0. The first-order valence-electron chi connectivity index (χ1n) is 8.40. The van der Waals surface area contributed by atoms with Crippen LogP contribution in [0.25, 0.3) is 0 Å². The van der Waals surface area contributed by atoms with E-state index in [1.807, 2.05) is 0 Å². The lowest BCUT2D eigenvalue weighted by atomic mass is 10.0. The predicted molar refractivity (Wildman–Crippen MR) is 92.8 cm³/mol. The van der Waals surface area contributed by atoms with Gasteiger partial charge in [-0.05, 0) is 24.7 Å². The van der Waals surface area contributed by atoms with Crippen LogP contribution in [-0.4, -0.2) is 13.2 Å². The predicted octanol–water partition coefficient (Wildman–Crippen LogP) is 6.23. The summed E-state index contributed by atoms with van der Waals surface area (Å²) in [6.45, 7) is 10.5. The van der Waals surface area contributed by atoms with Crippen molar-refractivity contribution in [2.24, 2.45) is 11.8 Å². The molecule has 0 aromatic heterocycles. The molecule has 0 aliphatic carbocycles. The van der Waals surface area contributed by atoms with Gasteiger partial charge in [-0.1, -0.05) is 66.2 Å². The molecule has 0 radical (unpaired) electrons. The van der Waals surface area contributed by atoms with Crippen molar-refractivity contribution in [1.29, 1.82) is 0 Å². The molecule has 0 amide bonds. The van der Waals surface area contributed by atoms with Gasteiger partial charge < -0.3 is 0 Å². The van der Waals surface area contributed by atoms with Crippen LogP contribution in [0.2, 0.25) is 0 Å². The first kappa shape index (κ1) is 20.4. The van der Waals surface area contributed by atoms with Gasteiger partial charge in [-0.3, -0.25) is 0 Å². The fraction of sp³-hybridized carbons (Fsp3) is 1.00. The van der Waals surface area contributed by atoms with Crippen molar-refractivity contribution in [3.8, 4) is 0 Å². The summed E-state index contributed by atoms with van der Waals surface area (Å²) in [6.07, 6.45) is 9.93. The summed E-state index contributed by atoms with van der Waals surface area (Å²) < 4.78 is 11.5. The van der Waals surface area contributed by atoms with Crippen LogP contribution in [0.3, 0.4) is 0 Å². The van der Waals surface area contributed by atoms with Crippen molar-refractivity contribution < 1.29 is 9.05 Å². The lowest BCUT2D eigenvalue weighted by Gasteiger charge is -2.12. The standard InChI is InChI=1S/C16H34O2PS/c1-5-9-11-15(7-3)13-17-19(20)18-14-16(8-4)12-10-6-2/h15-16H,5-14H2,1-4H3/q+1. The van der Waals surface area contributed by atoms with Gasteiger partial charge >= 0.3 is 7.15 Å². The van der Waals surface area contributed by atoms with Gasteiger partial charge in [-0.2, -0.15) is 0 Å². The van der Waals surface area contributed by atoms with Crippen molar-refractivity contribution >= 4 is 19.0 Å². The summed E-state index contributed by atoms with van der Waals surface area (Å²) in [5.74, 6) is 1.29. The van der Waals surface area contributed by atoms with Crippen LogP contribution in [0.4, 0.5) is 0 Å². The van der Waals surface area contributed by atoms with E-state index < -0.39 is 7.15 Å². The van der Waals surface area contributed by atoms with Gasteiger partial charge in [-0.25, -0.2) is 0 Å². The third kappa shape index (κ3) is 11.1. The molecule has 0 spiro atoms. The zero-order valence-corrected chi connectivity index (χ0v) is 15.6. The van der Waals surface area contributed by atoms with E-state index in [0.29, 0.717) is 11.8 Å². The molecule has 2 atom stereocenters. The van der Waals surface area contributed by atoms with Crippen LogP contribution < -0.4 is 0 Å². The third-order valence-electron chi connectivity index (χ3n) is 3.92. The normalized spacial score (nSPS) is 15.1. The van der Waals surface area contributed by atoms with E-state index in [0.717, 1.165) is 13.2 Å². The Bertz CT molecular complexity index is 215. The maximum Gasteiger partial charge on any atom is 0.521 e. The SMILES string of the molecule is CCCCC(CC)CO[P+](=S)OCC(CC)CCCC. The van der Waals surface area contributed by atoms with Crippen LogP contribution in [0.5, 0.6) is 0 Å². The second kappa shape index (κ2) is 14.4. The van der Waals surface area contributed by atoms with E-state index in [1.54, 1.807) is 0 Å². The lowest BCUT2D eigenvalue weighted by Crippen LogP contribution is -2.08.